The Morgan fingerprint density at radius 3 is 2.52 bits per heavy atom. The highest BCUT2D eigenvalue weighted by molar-refractivity contribution is 6.32. The Hall–Kier alpha value is -2.96. The van der Waals surface area contributed by atoms with Crippen molar-refractivity contribution in [1.29, 1.82) is 0 Å². The van der Waals surface area contributed by atoms with Gasteiger partial charge in [0.25, 0.3) is 5.91 Å². The van der Waals surface area contributed by atoms with Gasteiger partial charge < -0.3 is 14.6 Å². The predicted octanol–water partition coefficient (Wildman–Crippen LogP) is 4.11. The van der Waals surface area contributed by atoms with Gasteiger partial charge in [0.15, 0.2) is 11.6 Å². The van der Waals surface area contributed by atoms with E-state index in [0.29, 0.717) is 24.6 Å². The van der Waals surface area contributed by atoms with Gasteiger partial charge in [0, 0.05) is 31.6 Å². The van der Waals surface area contributed by atoms with Crippen LogP contribution in [0.1, 0.15) is 75.1 Å². The minimum absolute atomic E-state index is 0.0996. The van der Waals surface area contributed by atoms with Gasteiger partial charge in [0.1, 0.15) is 11.4 Å². The van der Waals surface area contributed by atoms with Gasteiger partial charge in [-0.15, -0.1) is 10.2 Å². The number of aromatic nitrogens is 3. The minimum atomic E-state index is -0.376. The van der Waals surface area contributed by atoms with E-state index in [0.717, 1.165) is 74.9 Å². The second-order valence-corrected chi connectivity index (χ2v) is 10.1. The second kappa shape index (κ2) is 8.76. The summed E-state index contributed by atoms with van der Waals surface area (Å²) in [4.78, 5) is 20.9. The van der Waals surface area contributed by atoms with Gasteiger partial charge in [0.2, 0.25) is 0 Å². The molecule has 0 radical (unpaired) electrons. The number of benzene rings is 1. The zero-order chi connectivity index (χ0) is 23.0. The zero-order valence-corrected chi connectivity index (χ0v) is 19.7. The maximum atomic E-state index is 14.0. The van der Waals surface area contributed by atoms with E-state index in [1.807, 2.05) is 27.7 Å². The maximum absolute atomic E-state index is 14.0. The second-order valence-electron chi connectivity index (χ2n) is 10.1. The third kappa shape index (κ3) is 4.21. The third-order valence-corrected chi connectivity index (χ3v) is 6.96. The van der Waals surface area contributed by atoms with E-state index in [9.17, 15) is 9.90 Å². The topological polar surface area (TPSA) is 83.6 Å². The summed E-state index contributed by atoms with van der Waals surface area (Å²) in [6.45, 7) is 6.30. The van der Waals surface area contributed by atoms with E-state index in [4.69, 9.17) is 4.99 Å². The summed E-state index contributed by atoms with van der Waals surface area (Å²) in [7, 11) is 0. The molecule has 1 fully saturated rings. The monoisotopic (exact) mass is 447 g/mol. The lowest BCUT2D eigenvalue weighted by atomic mass is 9.84. The molecule has 1 aromatic carbocycles. The van der Waals surface area contributed by atoms with Crippen LogP contribution in [0.5, 0.6) is 0 Å². The standard InChI is InChI=1S/C26H33N5O2/c1-26(2)17-18-11-6-7-12-19(18)22(27-26)21(25(33)30-14-8-4-9-15-30)23(32)24-29-28-20-13-5-3-10-16-31(20)24/h6-7,11-12,32H,3-5,8-10,13-17H2,1-2H3/b23-21-. The van der Waals surface area contributed by atoms with Gasteiger partial charge in [-0.2, -0.15) is 0 Å². The fraction of sp³-hybridized carbons (Fsp3) is 0.538. The first kappa shape index (κ1) is 21.9. The molecule has 1 N–H and O–H groups in total. The van der Waals surface area contributed by atoms with Gasteiger partial charge in [-0.1, -0.05) is 30.7 Å². The van der Waals surface area contributed by atoms with Gasteiger partial charge in [0.05, 0.1) is 11.3 Å². The first-order valence-corrected chi connectivity index (χ1v) is 12.3. The van der Waals surface area contributed by atoms with Crippen molar-refractivity contribution < 1.29 is 9.90 Å². The fourth-order valence-electron chi connectivity index (χ4n) is 5.31. The number of carbonyl (C=O) groups is 1. The molecule has 0 saturated carbocycles. The molecule has 3 aliphatic rings. The van der Waals surface area contributed by atoms with Crippen LogP contribution in [0.3, 0.4) is 0 Å². The van der Waals surface area contributed by atoms with Crippen LogP contribution < -0.4 is 0 Å². The lowest BCUT2D eigenvalue weighted by Crippen LogP contribution is -2.40. The number of carbonyl (C=O) groups excluding carboxylic acids is 1. The Morgan fingerprint density at radius 2 is 1.70 bits per heavy atom. The number of rotatable bonds is 3. The van der Waals surface area contributed by atoms with Crippen molar-refractivity contribution in [2.45, 2.75) is 77.3 Å². The number of aliphatic imine (C=N–C) groups is 1. The molecular weight excluding hydrogens is 414 g/mol. The molecule has 5 rings (SSSR count). The molecule has 33 heavy (non-hydrogen) atoms. The number of aliphatic hydroxyl groups is 1. The number of amides is 1. The highest BCUT2D eigenvalue weighted by Gasteiger charge is 2.36. The van der Waals surface area contributed by atoms with E-state index in [-0.39, 0.29) is 22.8 Å². The van der Waals surface area contributed by atoms with Crippen LogP contribution in [-0.4, -0.2) is 55.0 Å². The molecule has 4 heterocycles. The number of aryl methyl sites for hydroxylation is 1. The molecule has 7 heteroatoms. The molecule has 0 atom stereocenters. The van der Waals surface area contributed by atoms with E-state index in [2.05, 4.69) is 30.1 Å². The largest absolute Gasteiger partial charge is 0.504 e. The predicted molar refractivity (Wildman–Crippen MR) is 128 cm³/mol. The molecule has 0 unspecified atom stereocenters. The summed E-state index contributed by atoms with van der Waals surface area (Å²) in [5.41, 5.74) is 2.51. The van der Waals surface area contributed by atoms with E-state index < -0.39 is 0 Å². The van der Waals surface area contributed by atoms with Crippen molar-refractivity contribution in [2.24, 2.45) is 4.99 Å². The summed E-state index contributed by atoms with van der Waals surface area (Å²) in [5.74, 6) is 1.00. The number of nitrogens with zero attached hydrogens (tertiary/aromatic N) is 5. The van der Waals surface area contributed by atoms with Crippen LogP contribution in [-0.2, 0) is 24.2 Å². The van der Waals surface area contributed by atoms with Crippen molar-refractivity contribution in [3.05, 3.63) is 52.6 Å². The van der Waals surface area contributed by atoms with Gasteiger partial charge >= 0.3 is 0 Å². The van der Waals surface area contributed by atoms with Crippen LogP contribution in [0.4, 0.5) is 0 Å². The first-order chi connectivity index (χ1) is 15.9. The molecule has 1 saturated heterocycles. The molecule has 1 aromatic heterocycles. The van der Waals surface area contributed by atoms with Crippen LogP contribution >= 0.6 is 0 Å². The Morgan fingerprint density at radius 1 is 0.970 bits per heavy atom. The Bertz CT molecular complexity index is 1120. The zero-order valence-electron chi connectivity index (χ0n) is 19.7. The molecule has 3 aliphatic heterocycles. The quantitative estimate of drug-likeness (QED) is 0.567. The Balaban J connectivity index is 1.70. The third-order valence-electron chi connectivity index (χ3n) is 6.96. The van der Waals surface area contributed by atoms with Crippen molar-refractivity contribution in [3.63, 3.8) is 0 Å². The molecule has 2 aromatic rings. The summed E-state index contributed by atoms with van der Waals surface area (Å²) >= 11 is 0. The number of piperidine rings is 1. The fourth-order valence-corrected chi connectivity index (χ4v) is 5.31. The number of likely N-dealkylation sites (tertiary alicyclic amines) is 1. The van der Waals surface area contributed by atoms with Crippen molar-refractivity contribution in [1.82, 2.24) is 19.7 Å². The van der Waals surface area contributed by atoms with Crippen molar-refractivity contribution in [2.75, 3.05) is 13.1 Å². The number of hydrogen-bond acceptors (Lipinski definition) is 5. The van der Waals surface area contributed by atoms with Crippen LogP contribution in [0.2, 0.25) is 0 Å². The highest BCUT2D eigenvalue weighted by atomic mass is 16.3. The molecular formula is C26H33N5O2. The van der Waals surface area contributed by atoms with Gasteiger partial charge in [-0.25, -0.2) is 0 Å². The summed E-state index contributed by atoms with van der Waals surface area (Å²) in [5, 5.41) is 20.4. The molecule has 7 nitrogen and oxygen atoms in total. The van der Waals surface area contributed by atoms with E-state index >= 15 is 0 Å². The van der Waals surface area contributed by atoms with E-state index in [1.165, 1.54) is 0 Å². The van der Waals surface area contributed by atoms with Crippen LogP contribution in [0.15, 0.2) is 34.8 Å². The maximum Gasteiger partial charge on any atom is 0.259 e. The average molecular weight is 448 g/mol. The smallest absolute Gasteiger partial charge is 0.259 e. The van der Waals surface area contributed by atoms with Crippen LogP contribution in [0.25, 0.3) is 5.76 Å². The SMILES string of the molecule is CC1(C)Cc2ccccc2C(/C(C(=O)N2CCCCC2)=C(/O)c2nnc3n2CCCCC3)=N1. The highest BCUT2D eigenvalue weighted by Crippen LogP contribution is 2.33. The molecule has 0 spiro atoms. The Kier molecular flexibility index (Phi) is 5.81. The minimum Gasteiger partial charge on any atom is -0.504 e. The number of hydrogen-bond donors (Lipinski definition) is 1. The summed E-state index contributed by atoms with van der Waals surface area (Å²) in [6.07, 6.45) is 7.92. The van der Waals surface area contributed by atoms with E-state index in [1.54, 1.807) is 0 Å². The summed E-state index contributed by atoms with van der Waals surface area (Å²) < 4.78 is 1.99. The lowest BCUT2D eigenvalue weighted by molar-refractivity contribution is -0.127. The summed E-state index contributed by atoms with van der Waals surface area (Å²) in [6, 6.07) is 8.08. The van der Waals surface area contributed by atoms with Crippen molar-refractivity contribution >= 4 is 17.4 Å². The normalized spacial score (nSPS) is 20.8. The number of fused-ring (bicyclic) bond motifs is 2. The first-order valence-electron chi connectivity index (χ1n) is 12.3. The molecule has 0 aliphatic carbocycles. The van der Waals surface area contributed by atoms with Crippen LogP contribution in [0, 0.1) is 0 Å². The lowest BCUT2D eigenvalue weighted by Gasteiger charge is -2.32. The molecule has 1 amide bonds. The average Bonchev–Trinajstić information content (AvgIpc) is 3.07. The van der Waals surface area contributed by atoms with Crippen molar-refractivity contribution in [3.8, 4) is 0 Å². The molecule has 0 bridgehead atoms. The Labute approximate surface area is 195 Å². The van der Waals surface area contributed by atoms with Gasteiger partial charge in [-0.3, -0.25) is 9.79 Å². The number of aliphatic hydroxyl groups excluding tert-OH is 1. The van der Waals surface area contributed by atoms with Gasteiger partial charge in [-0.05, 0) is 57.9 Å². The molecule has 174 valence electrons.